The highest BCUT2D eigenvalue weighted by Gasteiger charge is 2.26. The molecular weight excluding hydrogens is 388 g/mol. The third-order valence-electron chi connectivity index (χ3n) is 4.99. The largest absolute Gasteiger partial charge is 0.483 e. The summed E-state index contributed by atoms with van der Waals surface area (Å²) in [6, 6.07) is 5.28. The second-order valence-electron chi connectivity index (χ2n) is 7.36. The average Bonchev–Trinajstić information content (AvgIpc) is 2.70. The summed E-state index contributed by atoms with van der Waals surface area (Å²) in [5.74, 6) is -0.305. The Morgan fingerprint density at radius 1 is 1.30 bits per heavy atom. The lowest BCUT2D eigenvalue weighted by Crippen LogP contribution is -2.49. The molecule has 164 valence electrons. The number of nitrogens with zero attached hydrogens (tertiary/aromatic N) is 1. The molecule has 0 saturated carbocycles. The molecule has 8 heteroatoms. The van der Waals surface area contributed by atoms with Crippen LogP contribution in [-0.4, -0.2) is 47.6 Å². The lowest BCUT2D eigenvalue weighted by atomic mass is 10.0. The maximum Gasteiger partial charge on any atom is 0.336 e. The van der Waals surface area contributed by atoms with Gasteiger partial charge in [0.05, 0.1) is 5.39 Å². The summed E-state index contributed by atoms with van der Waals surface area (Å²) in [4.78, 5) is 35.2. The molecule has 0 spiro atoms. The minimum atomic E-state index is -0.833. The summed E-state index contributed by atoms with van der Waals surface area (Å²) in [5, 5.41) is 8.18. The Hall–Kier alpha value is -2.87. The standard InChI is InChI=1S/C20H26N2O4.C2H4O2/c1-3-14-10-19(24)26-17-9-13(2)8-16(20(14)17)25-12-18(23)22-7-5-4-6-15(22)11-21;1-2(3)4/h8-10,15H,3-7,11-12,21H2,1-2H3;1H3,(H,3,4). The molecule has 0 radical (unpaired) electrons. The number of carbonyl (C=O) groups excluding carboxylic acids is 1. The fourth-order valence-electron chi connectivity index (χ4n) is 3.66. The highest BCUT2D eigenvalue weighted by molar-refractivity contribution is 5.88. The van der Waals surface area contributed by atoms with Crippen LogP contribution in [0.4, 0.5) is 0 Å². The van der Waals surface area contributed by atoms with Crippen molar-refractivity contribution >= 4 is 22.8 Å². The van der Waals surface area contributed by atoms with Crippen molar-refractivity contribution in [3.63, 3.8) is 0 Å². The normalized spacial score (nSPS) is 16.0. The Balaban J connectivity index is 0.000000735. The minimum Gasteiger partial charge on any atom is -0.483 e. The van der Waals surface area contributed by atoms with Gasteiger partial charge in [0, 0.05) is 32.1 Å². The fourth-order valence-corrected chi connectivity index (χ4v) is 3.66. The van der Waals surface area contributed by atoms with Crippen LogP contribution in [0.25, 0.3) is 11.0 Å². The van der Waals surface area contributed by atoms with E-state index in [2.05, 4.69) is 0 Å². The number of carboxylic acids is 1. The summed E-state index contributed by atoms with van der Waals surface area (Å²) in [6.45, 7) is 6.12. The maximum absolute atomic E-state index is 12.6. The van der Waals surface area contributed by atoms with Gasteiger partial charge < -0.3 is 24.9 Å². The lowest BCUT2D eigenvalue weighted by molar-refractivity contribution is -0.137. The molecule has 1 unspecified atom stereocenters. The number of amides is 1. The summed E-state index contributed by atoms with van der Waals surface area (Å²) in [6.07, 6.45) is 3.73. The second kappa shape index (κ2) is 10.8. The van der Waals surface area contributed by atoms with Crippen molar-refractivity contribution < 1.29 is 23.8 Å². The lowest BCUT2D eigenvalue weighted by Gasteiger charge is -2.35. The number of benzene rings is 1. The van der Waals surface area contributed by atoms with Gasteiger partial charge in [0.25, 0.3) is 11.9 Å². The number of aryl methyl sites for hydroxylation is 2. The van der Waals surface area contributed by atoms with E-state index in [1.807, 2.05) is 30.9 Å². The molecule has 3 N–H and O–H groups in total. The molecule has 2 heterocycles. The van der Waals surface area contributed by atoms with Crippen molar-refractivity contribution in [2.45, 2.75) is 52.5 Å². The highest BCUT2D eigenvalue weighted by Crippen LogP contribution is 2.30. The Morgan fingerprint density at radius 3 is 2.63 bits per heavy atom. The molecule has 1 atom stereocenters. The monoisotopic (exact) mass is 418 g/mol. The first-order valence-electron chi connectivity index (χ1n) is 10.2. The number of hydrogen-bond acceptors (Lipinski definition) is 6. The summed E-state index contributed by atoms with van der Waals surface area (Å²) >= 11 is 0. The van der Waals surface area contributed by atoms with Crippen molar-refractivity contribution in [1.82, 2.24) is 4.90 Å². The van der Waals surface area contributed by atoms with Crippen LogP contribution >= 0.6 is 0 Å². The molecule has 0 aliphatic carbocycles. The smallest absolute Gasteiger partial charge is 0.336 e. The Labute approximate surface area is 175 Å². The third kappa shape index (κ3) is 6.06. The SMILES string of the molecule is CC(=O)O.CCc1cc(=O)oc2cc(C)cc(OCC(=O)N3CCCCC3CN)c12. The van der Waals surface area contributed by atoms with Crippen molar-refractivity contribution in [1.29, 1.82) is 0 Å². The first-order valence-corrected chi connectivity index (χ1v) is 10.2. The summed E-state index contributed by atoms with van der Waals surface area (Å²) in [7, 11) is 0. The highest BCUT2D eigenvalue weighted by atomic mass is 16.5. The summed E-state index contributed by atoms with van der Waals surface area (Å²) in [5.41, 5.74) is 7.70. The van der Waals surface area contributed by atoms with E-state index in [1.165, 1.54) is 6.07 Å². The van der Waals surface area contributed by atoms with E-state index in [9.17, 15) is 9.59 Å². The molecule has 0 bridgehead atoms. The molecule has 3 rings (SSSR count). The molecule has 1 aromatic heterocycles. The predicted octanol–water partition coefficient (Wildman–Crippen LogP) is 2.47. The number of hydrogen-bond donors (Lipinski definition) is 2. The van der Waals surface area contributed by atoms with Crippen LogP contribution in [0.1, 0.15) is 44.2 Å². The predicted molar refractivity (Wildman–Crippen MR) is 114 cm³/mol. The zero-order valence-electron chi connectivity index (χ0n) is 17.8. The van der Waals surface area contributed by atoms with Crippen molar-refractivity contribution in [2.75, 3.05) is 19.7 Å². The molecule has 1 aromatic carbocycles. The van der Waals surface area contributed by atoms with Gasteiger partial charge in [-0.2, -0.15) is 0 Å². The van der Waals surface area contributed by atoms with Crippen LogP contribution in [0, 0.1) is 6.92 Å². The maximum atomic E-state index is 12.6. The van der Waals surface area contributed by atoms with Crippen LogP contribution in [-0.2, 0) is 16.0 Å². The van der Waals surface area contributed by atoms with Crippen LogP contribution in [0.2, 0.25) is 0 Å². The first kappa shape index (κ1) is 23.4. The van der Waals surface area contributed by atoms with Gasteiger partial charge in [0.15, 0.2) is 6.61 Å². The van der Waals surface area contributed by atoms with Gasteiger partial charge in [-0.05, 0) is 55.9 Å². The van der Waals surface area contributed by atoms with Crippen molar-refractivity contribution in [3.8, 4) is 5.75 Å². The van der Waals surface area contributed by atoms with Gasteiger partial charge in [-0.25, -0.2) is 4.79 Å². The van der Waals surface area contributed by atoms with Gasteiger partial charge in [0.1, 0.15) is 11.3 Å². The van der Waals surface area contributed by atoms with E-state index in [0.29, 0.717) is 24.3 Å². The van der Waals surface area contributed by atoms with Crippen LogP contribution in [0.5, 0.6) is 5.75 Å². The molecule has 2 aromatic rings. The van der Waals surface area contributed by atoms with Crippen LogP contribution < -0.4 is 16.1 Å². The fraction of sp³-hybridized carbons (Fsp3) is 0.500. The first-order chi connectivity index (χ1) is 14.3. The summed E-state index contributed by atoms with van der Waals surface area (Å²) < 4.78 is 11.2. The molecule has 1 aliphatic heterocycles. The number of piperidine rings is 1. The number of aliphatic carboxylic acids is 1. The van der Waals surface area contributed by atoms with Gasteiger partial charge in [-0.1, -0.05) is 6.92 Å². The van der Waals surface area contributed by atoms with Crippen LogP contribution in [0.15, 0.2) is 27.4 Å². The Morgan fingerprint density at radius 2 is 2.00 bits per heavy atom. The Bertz CT molecular complexity index is 949. The van der Waals surface area contributed by atoms with Crippen molar-refractivity contribution in [2.24, 2.45) is 5.73 Å². The molecule has 30 heavy (non-hydrogen) atoms. The molecule has 1 saturated heterocycles. The number of nitrogens with two attached hydrogens (primary N) is 1. The Kier molecular flexibility index (Phi) is 8.41. The van der Waals surface area contributed by atoms with E-state index in [4.69, 9.17) is 24.8 Å². The van der Waals surface area contributed by atoms with E-state index in [0.717, 1.165) is 49.2 Å². The number of fused-ring (bicyclic) bond motifs is 1. The zero-order valence-corrected chi connectivity index (χ0v) is 17.8. The van der Waals surface area contributed by atoms with Gasteiger partial charge in [-0.3, -0.25) is 9.59 Å². The van der Waals surface area contributed by atoms with Crippen molar-refractivity contribution in [3.05, 3.63) is 39.7 Å². The van der Waals surface area contributed by atoms with E-state index in [-0.39, 0.29) is 24.2 Å². The van der Waals surface area contributed by atoms with E-state index in [1.54, 1.807) is 0 Å². The van der Waals surface area contributed by atoms with E-state index >= 15 is 0 Å². The molecular formula is C22H30N2O6. The number of carbonyl (C=O) groups is 2. The molecule has 1 aliphatic rings. The number of carboxylic acid groups (broad SMARTS) is 1. The average molecular weight is 418 g/mol. The number of rotatable bonds is 5. The zero-order chi connectivity index (χ0) is 22.3. The second-order valence-corrected chi connectivity index (χ2v) is 7.36. The topological polar surface area (TPSA) is 123 Å². The molecule has 1 amide bonds. The number of ether oxygens (including phenoxy) is 1. The minimum absolute atomic E-state index is 0.0443. The van der Waals surface area contributed by atoms with E-state index < -0.39 is 5.97 Å². The van der Waals surface area contributed by atoms with Gasteiger partial charge in [-0.15, -0.1) is 0 Å². The van der Waals surface area contributed by atoms with Gasteiger partial charge >= 0.3 is 5.63 Å². The quantitative estimate of drug-likeness (QED) is 0.715. The number of likely N-dealkylation sites (tertiary alicyclic amines) is 1. The third-order valence-corrected chi connectivity index (χ3v) is 4.99. The molecule has 1 fully saturated rings. The van der Waals surface area contributed by atoms with Crippen LogP contribution in [0.3, 0.4) is 0 Å². The molecule has 8 nitrogen and oxygen atoms in total. The van der Waals surface area contributed by atoms with Gasteiger partial charge in [0.2, 0.25) is 0 Å².